The quantitative estimate of drug-likeness (QED) is 0.535. The van der Waals surface area contributed by atoms with Gasteiger partial charge < -0.3 is 15.4 Å². The molecule has 1 aromatic heterocycles. The van der Waals surface area contributed by atoms with Crippen LogP contribution in [-0.4, -0.2) is 26.7 Å². The lowest BCUT2D eigenvalue weighted by molar-refractivity contribution is -0.124. The minimum Gasteiger partial charge on any atom is -0.444 e. The molecule has 1 amide bonds. The van der Waals surface area contributed by atoms with Gasteiger partial charge in [0.05, 0.1) is 24.0 Å². The van der Waals surface area contributed by atoms with Crippen LogP contribution in [0.4, 0.5) is 5.69 Å². The molecule has 0 fully saturated rings. The highest BCUT2D eigenvalue weighted by atomic mass is 79.9. The van der Waals surface area contributed by atoms with Gasteiger partial charge in [0.1, 0.15) is 28.5 Å². The molecule has 0 saturated heterocycles. The summed E-state index contributed by atoms with van der Waals surface area (Å²) >= 11 is 3.42. The first-order valence-electron chi connectivity index (χ1n) is 11.4. The second-order valence-corrected chi connectivity index (χ2v) is 9.73. The standard InChI is InChI=1S/C26H19BrN6O3/c27-15-8-10-17(11-9-15)33-14-16(30-31-33)13-32-20-5-2-1-4-18(20)26(25(32)35)19(12-28)24(29)36-22-7-3-6-21(34)23(22)26/h1-2,4-5,8-11,14H,3,6-7,13,29H2. The molecule has 3 aliphatic rings. The lowest BCUT2D eigenvalue weighted by Crippen LogP contribution is -2.48. The van der Waals surface area contributed by atoms with Gasteiger partial charge in [-0.15, -0.1) is 5.10 Å². The number of fused-ring (bicyclic) bond motifs is 3. The number of Topliss-reactive ketones (excluding diaryl/α,β-unsaturated/α-hetero) is 1. The SMILES string of the molecule is N#CC1=C(N)OC2=C(C(=O)CCC2)C12C(=O)N(Cc1cn(-c3ccc(Br)cc3)nn1)c1ccccc12. The summed E-state index contributed by atoms with van der Waals surface area (Å²) in [6, 6.07) is 16.8. The van der Waals surface area contributed by atoms with Gasteiger partial charge in [0, 0.05) is 28.6 Å². The zero-order valence-corrected chi connectivity index (χ0v) is 20.5. The molecule has 1 spiro atoms. The van der Waals surface area contributed by atoms with Crippen molar-refractivity contribution in [1.82, 2.24) is 15.0 Å². The van der Waals surface area contributed by atoms with E-state index in [9.17, 15) is 14.9 Å². The minimum absolute atomic E-state index is 0.0602. The first kappa shape index (κ1) is 22.2. The summed E-state index contributed by atoms with van der Waals surface area (Å²) in [4.78, 5) is 29.2. The molecule has 10 heteroatoms. The number of carbonyl (C=O) groups excluding carboxylic acids is 2. The number of nitrogens with zero attached hydrogens (tertiary/aromatic N) is 5. The molecule has 0 saturated carbocycles. The van der Waals surface area contributed by atoms with Crippen molar-refractivity contribution in [2.45, 2.75) is 31.2 Å². The number of benzene rings is 2. The van der Waals surface area contributed by atoms with Gasteiger partial charge in [-0.25, -0.2) is 4.68 Å². The van der Waals surface area contributed by atoms with Gasteiger partial charge >= 0.3 is 0 Å². The lowest BCUT2D eigenvalue weighted by Gasteiger charge is -2.37. The number of anilines is 1. The summed E-state index contributed by atoms with van der Waals surface area (Å²) < 4.78 is 8.29. The largest absolute Gasteiger partial charge is 0.444 e. The van der Waals surface area contributed by atoms with Crippen molar-refractivity contribution in [2.75, 3.05) is 4.90 Å². The molecule has 36 heavy (non-hydrogen) atoms. The number of ether oxygens (including phenoxy) is 1. The number of hydrogen-bond donors (Lipinski definition) is 1. The fourth-order valence-electron chi connectivity index (χ4n) is 5.31. The molecular formula is C26H19BrN6O3. The number of nitriles is 1. The number of aromatic nitrogens is 3. The van der Waals surface area contributed by atoms with Crippen LogP contribution in [0.2, 0.25) is 0 Å². The molecule has 1 atom stereocenters. The van der Waals surface area contributed by atoms with Crippen LogP contribution in [0.15, 0.2) is 82.0 Å². The highest BCUT2D eigenvalue weighted by Crippen LogP contribution is 2.55. The first-order valence-corrected chi connectivity index (χ1v) is 12.2. The summed E-state index contributed by atoms with van der Waals surface area (Å²) in [6.45, 7) is 0.102. The van der Waals surface area contributed by atoms with Crippen molar-refractivity contribution < 1.29 is 14.3 Å². The molecule has 2 aromatic carbocycles. The number of hydrogen-bond acceptors (Lipinski definition) is 7. The molecule has 0 bridgehead atoms. The number of ketones is 1. The van der Waals surface area contributed by atoms with Crippen LogP contribution < -0.4 is 10.6 Å². The third-order valence-electron chi connectivity index (χ3n) is 6.82. The van der Waals surface area contributed by atoms with Gasteiger partial charge in [0.25, 0.3) is 0 Å². The fourth-order valence-corrected chi connectivity index (χ4v) is 5.58. The maximum Gasteiger partial charge on any atom is 0.248 e. The molecule has 2 aliphatic heterocycles. The Morgan fingerprint density at radius 1 is 1.14 bits per heavy atom. The third-order valence-corrected chi connectivity index (χ3v) is 7.35. The van der Waals surface area contributed by atoms with Gasteiger partial charge in [-0.2, -0.15) is 5.26 Å². The second-order valence-electron chi connectivity index (χ2n) is 8.82. The molecule has 9 nitrogen and oxygen atoms in total. The fraction of sp³-hybridized carbons (Fsp3) is 0.192. The Hall–Kier alpha value is -4.23. The first-order chi connectivity index (χ1) is 17.4. The highest BCUT2D eigenvalue weighted by Gasteiger charge is 2.62. The Labute approximate surface area is 214 Å². The number of allylic oxidation sites excluding steroid dienone is 1. The number of nitrogens with two attached hydrogens (primary N) is 1. The molecule has 2 N–H and O–H groups in total. The summed E-state index contributed by atoms with van der Waals surface area (Å²) in [6.07, 6.45) is 3.10. The van der Waals surface area contributed by atoms with Crippen molar-refractivity contribution in [3.05, 3.63) is 93.2 Å². The molecule has 1 aliphatic carbocycles. The van der Waals surface area contributed by atoms with Crippen LogP contribution in [-0.2, 0) is 26.3 Å². The Morgan fingerprint density at radius 2 is 1.92 bits per heavy atom. The van der Waals surface area contributed by atoms with E-state index >= 15 is 0 Å². The van der Waals surface area contributed by atoms with E-state index in [4.69, 9.17) is 10.5 Å². The smallest absolute Gasteiger partial charge is 0.248 e. The average Bonchev–Trinajstić information content (AvgIpc) is 3.43. The lowest BCUT2D eigenvalue weighted by atomic mass is 9.65. The number of para-hydroxylation sites is 1. The van der Waals surface area contributed by atoms with Crippen LogP contribution in [0.25, 0.3) is 5.69 Å². The van der Waals surface area contributed by atoms with Gasteiger partial charge in [0.2, 0.25) is 11.8 Å². The Kier molecular flexibility index (Phi) is 5.05. The van der Waals surface area contributed by atoms with Crippen molar-refractivity contribution in [3.63, 3.8) is 0 Å². The zero-order chi connectivity index (χ0) is 25.0. The van der Waals surface area contributed by atoms with E-state index in [2.05, 4.69) is 32.3 Å². The number of halogens is 1. The average molecular weight is 543 g/mol. The third kappa shape index (κ3) is 3.06. The van der Waals surface area contributed by atoms with Gasteiger partial charge in [-0.05, 0) is 36.8 Å². The summed E-state index contributed by atoms with van der Waals surface area (Å²) in [5, 5.41) is 18.6. The van der Waals surface area contributed by atoms with Crippen molar-refractivity contribution in [1.29, 1.82) is 5.26 Å². The van der Waals surface area contributed by atoms with E-state index in [1.807, 2.05) is 30.3 Å². The normalized spacial score (nSPS) is 20.9. The molecule has 1 unspecified atom stereocenters. The highest BCUT2D eigenvalue weighted by molar-refractivity contribution is 9.10. The maximum atomic E-state index is 14.4. The zero-order valence-electron chi connectivity index (χ0n) is 18.9. The van der Waals surface area contributed by atoms with E-state index in [1.165, 1.54) is 0 Å². The number of rotatable bonds is 3. The van der Waals surface area contributed by atoms with E-state index in [0.717, 1.165) is 10.2 Å². The molecule has 3 heterocycles. The van der Waals surface area contributed by atoms with E-state index in [0.29, 0.717) is 35.5 Å². The number of carbonyl (C=O) groups is 2. The molecular weight excluding hydrogens is 524 g/mol. The van der Waals surface area contributed by atoms with Crippen LogP contribution in [0.3, 0.4) is 0 Å². The summed E-state index contributed by atoms with van der Waals surface area (Å²) in [5.74, 6) is -0.402. The molecule has 178 valence electrons. The molecule has 3 aromatic rings. The number of amides is 1. The van der Waals surface area contributed by atoms with E-state index in [-0.39, 0.29) is 35.8 Å². The Bertz CT molecular complexity index is 1550. The van der Waals surface area contributed by atoms with E-state index < -0.39 is 11.3 Å². The van der Waals surface area contributed by atoms with Crippen LogP contribution >= 0.6 is 15.9 Å². The van der Waals surface area contributed by atoms with Crippen molar-refractivity contribution in [3.8, 4) is 11.8 Å². The molecule has 0 radical (unpaired) electrons. The van der Waals surface area contributed by atoms with Gasteiger partial charge in [-0.3, -0.25) is 9.59 Å². The predicted octanol–water partition coefficient (Wildman–Crippen LogP) is 3.55. The predicted molar refractivity (Wildman–Crippen MR) is 132 cm³/mol. The second kappa shape index (κ2) is 8.17. The Morgan fingerprint density at radius 3 is 2.69 bits per heavy atom. The Balaban J connectivity index is 1.47. The maximum absolute atomic E-state index is 14.4. The summed E-state index contributed by atoms with van der Waals surface area (Å²) in [5.41, 5.74) is 7.20. The molecule has 6 rings (SSSR count). The minimum atomic E-state index is -1.64. The van der Waals surface area contributed by atoms with Crippen LogP contribution in [0.5, 0.6) is 0 Å². The van der Waals surface area contributed by atoms with Crippen LogP contribution in [0.1, 0.15) is 30.5 Å². The van der Waals surface area contributed by atoms with Gasteiger partial charge in [-0.1, -0.05) is 39.3 Å². The topological polar surface area (TPSA) is 127 Å². The van der Waals surface area contributed by atoms with Crippen molar-refractivity contribution >= 4 is 33.3 Å². The summed E-state index contributed by atoms with van der Waals surface area (Å²) in [7, 11) is 0. The monoisotopic (exact) mass is 542 g/mol. The van der Waals surface area contributed by atoms with Gasteiger partial charge in [0.15, 0.2) is 5.78 Å². The van der Waals surface area contributed by atoms with Crippen LogP contribution in [0, 0.1) is 11.3 Å². The van der Waals surface area contributed by atoms with Crippen molar-refractivity contribution in [2.24, 2.45) is 5.73 Å². The van der Waals surface area contributed by atoms with E-state index in [1.54, 1.807) is 34.0 Å².